The molecule has 11 heteroatoms. The van der Waals surface area contributed by atoms with Crippen LogP contribution in [0.1, 0.15) is 18.6 Å². The first kappa shape index (κ1) is 21.1. The summed E-state index contributed by atoms with van der Waals surface area (Å²) in [7, 11) is 1.38. The molecule has 1 aromatic heterocycles. The molecular weight excluding hydrogens is 416 g/mol. The van der Waals surface area contributed by atoms with Crippen LogP contribution in [-0.4, -0.2) is 45.7 Å². The molecule has 0 saturated carbocycles. The Balaban J connectivity index is 1.79. The Kier molecular flexibility index (Phi) is 6.21. The van der Waals surface area contributed by atoms with Crippen LogP contribution < -0.4 is 4.74 Å². The highest BCUT2D eigenvalue weighted by atomic mass is 32.2. The number of carboxylic acid groups (broad SMARTS) is 1. The highest BCUT2D eigenvalue weighted by Gasteiger charge is 2.35. The number of methoxy groups -OCH3 is 1. The number of benzene rings is 1. The van der Waals surface area contributed by atoms with E-state index < -0.39 is 22.0 Å². The molecular formula is C19H16N2O8S. The van der Waals surface area contributed by atoms with E-state index in [4.69, 9.17) is 14.3 Å². The number of carboxylic acids is 1. The number of rotatable bonds is 8. The van der Waals surface area contributed by atoms with Gasteiger partial charge < -0.3 is 14.3 Å². The molecule has 1 N–H and O–H groups in total. The van der Waals surface area contributed by atoms with Crippen molar-refractivity contribution in [2.45, 2.75) is 12.8 Å². The number of ether oxygens (including phenoxy) is 1. The number of aliphatic carboxylic acids is 1. The number of nitro benzene ring substituents is 1. The largest absolute Gasteiger partial charge is 0.496 e. The molecule has 1 aromatic carbocycles. The van der Waals surface area contributed by atoms with E-state index in [2.05, 4.69) is 0 Å². The van der Waals surface area contributed by atoms with Crippen molar-refractivity contribution in [1.29, 1.82) is 0 Å². The summed E-state index contributed by atoms with van der Waals surface area (Å²) in [6, 6.07) is 7.31. The molecule has 30 heavy (non-hydrogen) atoms. The van der Waals surface area contributed by atoms with Gasteiger partial charge in [-0.05, 0) is 36.4 Å². The van der Waals surface area contributed by atoms with Crippen molar-refractivity contribution in [3.63, 3.8) is 0 Å². The number of amides is 2. The molecule has 0 atom stereocenters. The van der Waals surface area contributed by atoms with Crippen LogP contribution in [0.5, 0.6) is 5.75 Å². The molecule has 156 valence electrons. The number of furan rings is 1. The number of hydrogen-bond donors (Lipinski definition) is 1. The molecule has 1 aliphatic heterocycles. The number of imide groups is 1. The second-order valence-corrected chi connectivity index (χ2v) is 7.17. The van der Waals surface area contributed by atoms with Gasteiger partial charge in [0.1, 0.15) is 17.3 Å². The maximum Gasteiger partial charge on any atom is 0.303 e. The third-order valence-electron chi connectivity index (χ3n) is 4.21. The summed E-state index contributed by atoms with van der Waals surface area (Å²) in [5, 5.41) is 19.1. The fraction of sp³-hybridized carbons (Fsp3) is 0.211. The third-order valence-corrected chi connectivity index (χ3v) is 5.11. The standard InChI is InChI=1S/C19H16N2O8S/c1-28-15-9-11(21(26)27)4-6-13(15)14-7-5-12(29-14)10-16-18(24)20(19(25)30-16)8-2-3-17(22)23/h4-7,9-10H,2-3,8H2,1H3,(H,22,23)/b16-10+. The summed E-state index contributed by atoms with van der Waals surface area (Å²) in [4.78, 5) is 46.6. The van der Waals surface area contributed by atoms with Gasteiger partial charge in [0.15, 0.2) is 0 Å². The van der Waals surface area contributed by atoms with Gasteiger partial charge in [0.25, 0.3) is 16.8 Å². The highest BCUT2D eigenvalue weighted by Crippen LogP contribution is 2.36. The average Bonchev–Trinajstić information content (AvgIpc) is 3.27. The maximum atomic E-state index is 12.4. The van der Waals surface area contributed by atoms with Crippen molar-refractivity contribution in [2.24, 2.45) is 0 Å². The topological polar surface area (TPSA) is 140 Å². The number of nitrogens with zero attached hydrogens (tertiary/aromatic N) is 2. The van der Waals surface area contributed by atoms with Gasteiger partial charge in [-0.25, -0.2) is 0 Å². The summed E-state index contributed by atoms with van der Waals surface area (Å²) in [5.41, 5.74) is 0.364. The smallest absolute Gasteiger partial charge is 0.303 e. The van der Waals surface area contributed by atoms with Gasteiger partial charge in [-0.2, -0.15) is 0 Å². The van der Waals surface area contributed by atoms with Crippen molar-refractivity contribution < 1.29 is 33.6 Å². The predicted molar refractivity (Wildman–Crippen MR) is 107 cm³/mol. The SMILES string of the molecule is COc1cc([N+](=O)[O-])ccc1-c1ccc(/C=C2/SC(=O)N(CCCC(=O)O)C2=O)o1. The Hall–Kier alpha value is -3.60. The summed E-state index contributed by atoms with van der Waals surface area (Å²) >= 11 is 0.745. The number of thioether (sulfide) groups is 1. The van der Waals surface area contributed by atoms with Crippen molar-refractivity contribution in [2.75, 3.05) is 13.7 Å². The molecule has 1 aliphatic rings. The highest BCUT2D eigenvalue weighted by molar-refractivity contribution is 8.18. The lowest BCUT2D eigenvalue weighted by molar-refractivity contribution is -0.384. The zero-order valence-corrected chi connectivity index (χ0v) is 16.5. The Bertz CT molecular complexity index is 1060. The molecule has 2 amide bonds. The summed E-state index contributed by atoms with van der Waals surface area (Å²) < 4.78 is 10.9. The Morgan fingerprint density at radius 1 is 1.33 bits per heavy atom. The van der Waals surface area contributed by atoms with E-state index in [0.29, 0.717) is 17.1 Å². The van der Waals surface area contributed by atoms with Crippen molar-refractivity contribution in [3.8, 4) is 17.1 Å². The van der Waals surface area contributed by atoms with E-state index in [1.54, 1.807) is 12.1 Å². The van der Waals surface area contributed by atoms with Crippen LogP contribution >= 0.6 is 11.8 Å². The fourth-order valence-corrected chi connectivity index (χ4v) is 3.63. The lowest BCUT2D eigenvalue weighted by Gasteiger charge is -2.10. The van der Waals surface area contributed by atoms with Gasteiger partial charge in [-0.3, -0.25) is 29.4 Å². The summed E-state index contributed by atoms with van der Waals surface area (Å²) in [5.74, 6) is -0.581. The lowest BCUT2D eigenvalue weighted by Crippen LogP contribution is -2.29. The molecule has 2 aromatic rings. The van der Waals surface area contributed by atoms with E-state index in [9.17, 15) is 24.5 Å². The van der Waals surface area contributed by atoms with Crippen LogP contribution in [0.3, 0.4) is 0 Å². The first-order chi connectivity index (χ1) is 14.3. The minimum absolute atomic E-state index is 0.0255. The maximum absolute atomic E-state index is 12.4. The minimum atomic E-state index is -0.998. The van der Waals surface area contributed by atoms with E-state index in [0.717, 1.165) is 16.7 Å². The molecule has 3 rings (SSSR count). The van der Waals surface area contributed by atoms with Crippen LogP contribution in [0, 0.1) is 10.1 Å². The zero-order chi connectivity index (χ0) is 21.8. The predicted octanol–water partition coefficient (Wildman–Crippen LogP) is 3.76. The summed E-state index contributed by atoms with van der Waals surface area (Å²) in [6.07, 6.45) is 1.45. The number of hydrogen-bond acceptors (Lipinski definition) is 8. The zero-order valence-electron chi connectivity index (χ0n) is 15.7. The molecule has 0 spiro atoms. The van der Waals surface area contributed by atoms with Gasteiger partial charge in [0.2, 0.25) is 0 Å². The second-order valence-electron chi connectivity index (χ2n) is 6.17. The number of carbonyl (C=O) groups is 3. The quantitative estimate of drug-likeness (QED) is 0.375. The van der Waals surface area contributed by atoms with Crippen LogP contribution in [0.4, 0.5) is 10.5 Å². The fourth-order valence-electron chi connectivity index (χ4n) is 2.78. The normalized spacial score (nSPS) is 15.1. The Morgan fingerprint density at radius 3 is 2.77 bits per heavy atom. The van der Waals surface area contributed by atoms with E-state index in [-0.39, 0.29) is 35.7 Å². The molecule has 1 saturated heterocycles. The number of carbonyl (C=O) groups excluding carboxylic acids is 2. The molecule has 2 heterocycles. The van der Waals surface area contributed by atoms with E-state index in [1.807, 2.05) is 0 Å². The van der Waals surface area contributed by atoms with Gasteiger partial charge >= 0.3 is 5.97 Å². The van der Waals surface area contributed by atoms with Crippen molar-refractivity contribution in [1.82, 2.24) is 4.90 Å². The molecule has 0 aliphatic carbocycles. The minimum Gasteiger partial charge on any atom is -0.496 e. The monoisotopic (exact) mass is 432 g/mol. The van der Waals surface area contributed by atoms with Crippen LogP contribution in [-0.2, 0) is 9.59 Å². The molecule has 10 nitrogen and oxygen atoms in total. The van der Waals surface area contributed by atoms with Gasteiger partial charge in [-0.1, -0.05) is 0 Å². The van der Waals surface area contributed by atoms with Crippen molar-refractivity contribution >= 4 is 40.6 Å². The molecule has 0 bridgehead atoms. The molecule has 0 unspecified atom stereocenters. The molecule has 0 radical (unpaired) electrons. The first-order valence-electron chi connectivity index (χ1n) is 8.70. The van der Waals surface area contributed by atoms with Gasteiger partial charge in [0, 0.05) is 25.1 Å². The van der Waals surface area contributed by atoms with Crippen molar-refractivity contribution in [3.05, 3.63) is 51.1 Å². The summed E-state index contributed by atoms with van der Waals surface area (Å²) in [6.45, 7) is 0.0255. The average molecular weight is 432 g/mol. The second kappa shape index (κ2) is 8.82. The number of nitro groups is 1. The van der Waals surface area contributed by atoms with Gasteiger partial charge in [0.05, 0.1) is 28.6 Å². The Morgan fingerprint density at radius 2 is 2.10 bits per heavy atom. The van der Waals surface area contributed by atoms with Crippen LogP contribution in [0.15, 0.2) is 39.7 Å². The van der Waals surface area contributed by atoms with Gasteiger partial charge in [-0.15, -0.1) is 0 Å². The van der Waals surface area contributed by atoms with E-state index >= 15 is 0 Å². The van der Waals surface area contributed by atoms with Crippen LogP contribution in [0.2, 0.25) is 0 Å². The molecule has 1 fully saturated rings. The number of non-ortho nitro benzene ring substituents is 1. The van der Waals surface area contributed by atoms with E-state index in [1.165, 1.54) is 31.4 Å². The third kappa shape index (κ3) is 4.51. The lowest BCUT2D eigenvalue weighted by atomic mass is 10.1. The van der Waals surface area contributed by atoms with Crippen LogP contribution in [0.25, 0.3) is 17.4 Å². The first-order valence-corrected chi connectivity index (χ1v) is 9.51. The Labute approximate surface area is 174 Å².